The highest BCUT2D eigenvalue weighted by Crippen LogP contribution is 2.34. The Hall–Kier alpha value is -2.10. The van der Waals surface area contributed by atoms with Crippen molar-refractivity contribution in [3.05, 3.63) is 41.2 Å². The number of nitrogen functional groups attached to an aromatic ring is 1. The number of nitrogens with two attached hydrogens (primary N) is 1. The number of aromatic nitrogens is 2. The molecular formula is C16H21N3O. The largest absolute Gasteiger partial charge is 0.439 e. The first-order valence-electron chi connectivity index (χ1n) is 6.66. The Labute approximate surface area is 120 Å². The van der Waals surface area contributed by atoms with Crippen molar-refractivity contribution in [3.63, 3.8) is 0 Å². The van der Waals surface area contributed by atoms with Gasteiger partial charge < -0.3 is 10.5 Å². The molecule has 0 saturated carbocycles. The van der Waals surface area contributed by atoms with Gasteiger partial charge in [0.05, 0.1) is 0 Å². The average Bonchev–Trinajstić information content (AvgIpc) is 2.25. The number of benzene rings is 1. The summed E-state index contributed by atoms with van der Waals surface area (Å²) in [5.74, 6) is 2.31. The molecule has 4 nitrogen and oxygen atoms in total. The molecule has 1 aromatic heterocycles. The predicted octanol–water partition coefficient (Wildman–Crippen LogP) is 3.77. The van der Waals surface area contributed by atoms with E-state index in [0.29, 0.717) is 17.5 Å². The molecule has 2 rings (SSSR count). The van der Waals surface area contributed by atoms with Crippen molar-refractivity contribution in [3.8, 4) is 11.6 Å². The van der Waals surface area contributed by atoms with Gasteiger partial charge in [0.1, 0.15) is 17.4 Å². The second kappa shape index (κ2) is 5.12. The van der Waals surface area contributed by atoms with Gasteiger partial charge in [-0.05, 0) is 30.9 Å². The maximum Gasteiger partial charge on any atom is 0.224 e. The van der Waals surface area contributed by atoms with Crippen LogP contribution in [0.15, 0.2) is 24.3 Å². The second-order valence-electron chi connectivity index (χ2n) is 6.03. The average molecular weight is 271 g/mol. The minimum atomic E-state index is -0.00332. The van der Waals surface area contributed by atoms with E-state index >= 15 is 0 Å². The monoisotopic (exact) mass is 271 g/mol. The molecular weight excluding hydrogens is 250 g/mol. The molecule has 0 aliphatic rings. The van der Waals surface area contributed by atoms with Gasteiger partial charge in [0.15, 0.2) is 0 Å². The van der Waals surface area contributed by atoms with E-state index in [2.05, 4.69) is 42.9 Å². The van der Waals surface area contributed by atoms with Gasteiger partial charge in [0, 0.05) is 11.6 Å². The third-order valence-corrected chi connectivity index (χ3v) is 2.99. The fraction of sp³-hybridized carbons (Fsp3) is 0.375. The fourth-order valence-corrected chi connectivity index (χ4v) is 2.06. The molecule has 0 aliphatic heterocycles. The van der Waals surface area contributed by atoms with Crippen LogP contribution in [0, 0.1) is 13.8 Å². The molecule has 1 aromatic carbocycles. The Kier molecular flexibility index (Phi) is 3.66. The number of nitrogens with zero attached hydrogens (tertiary/aromatic N) is 2. The first-order chi connectivity index (χ1) is 9.25. The van der Waals surface area contributed by atoms with Crippen LogP contribution in [0.4, 0.5) is 5.82 Å². The fourth-order valence-electron chi connectivity index (χ4n) is 2.06. The van der Waals surface area contributed by atoms with Crippen molar-refractivity contribution in [1.82, 2.24) is 9.97 Å². The minimum Gasteiger partial charge on any atom is -0.439 e. The molecule has 106 valence electrons. The van der Waals surface area contributed by atoms with Gasteiger partial charge in [-0.3, -0.25) is 0 Å². The van der Waals surface area contributed by atoms with E-state index in [9.17, 15) is 0 Å². The molecule has 0 atom stereocenters. The Bertz CT molecular complexity index is 610. The summed E-state index contributed by atoms with van der Waals surface area (Å²) in [5.41, 5.74) is 8.01. The van der Waals surface area contributed by atoms with Crippen LogP contribution in [0.2, 0.25) is 0 Å². The van der Waals surface area contributed by atoms with Crippen molar-refractivity contribution < 1.29 is 4.74 Å². The zero-order chi connectivity index (χ0) is 14.9. The third kappa shape index (κ3) is 3.26. The maximum atomic E-state index is 5.95. The third-order valence-electron chi connectivity index (χ3n) is 2.99. The second-order valence-corrected chi connectivity index (χ2v) is 6.03. The van der Waals surface area contributed by atoms with E-state index in [1.807, 2.05) is 13.0 Å². The van der Waals surface area contributed by atoms with Crippen LogP contribution in [0.5, 0.6) is 11.6 Å². The quantitative estimate of drug-likeness (QED) is 0.903. The highest BCUT2D eigenvalue weighted by Gasteiger charge is 2.19. The van der Waals surface area contributed by atoms with Crippen LogP contribution in [0.1, 0.15) is 37.7 Å². The molecule has 0 spiro atoms. The van der Waals surface area contributed by atoms with Gasteiger partial charge in [-0.15, -0.1) is 0 Å². The number of hydrogen-bond acceptors (Lipinski definition) is 4. The van der Waals surface area contributed by atoms with E-state index < -0.39 is 0 Å². The van der Waals surface area contributed by atoms with Gasteiger partial charge in [-0.25, -0.2) is 4.98 Å². The van der Waals surface area contributed by atoms with Crippen LogP contribution in [-0.2, 0) is 5.41 Å². The number of rotatable bonds is 2. The van der Waals surface area contributed by atoms with E-state index in [4.69, 9.17) is 10.5 Å². The molecule has 2 aromatic rings. The number of hydrogen-bond donors (Lipinski definition) is 1. The zero-order valence-corrected chi connectivity index (χ0v) is 12.7. The summed E-state index contributed by atoms with van der Waals surface area (Å²) in [4.78, 5) is 8.32. The highest BCUT2D eigenvalue weighted by atomic mass is 16.5. The summed E-state index contributed by atoms with van der Waals surface area (Å²) in [6, 6.07) is 7.85. The molecule has 2 N–H and O–H groups in total. The Balaban J connectivity index is 2.44. The first-order valence-corrected chi connectivity index (χ1v) is 6.66. The summed E-state index contributed by atoms with van der Waals surface area (Å²) in [7, 11) is 0. The SMILES string of the molecule is Cc1ccc(C(C)(C)C)c(Oc2cc(N)nc(C)n2)c1. The molecule has 4 heteroatoms. The number of ether oxygens (including phenoxy) is 1. The van der Waals surface area contributed by atoms with Crippen molar-refractivity contribution >= 4 is 5.82 Å². The van der Waals surface area contributed by atoms with Crippen LogP contribution in [0.3, 0.4) is 0 Å². The molecule has 0 aliphatic carbocycles. The van der Waals surface area contributed by atoms with Crippen LogP contribution < -0.4 is 10.5 Å². The lowest BCUT2D eigenvalue weighted by Crippen LogP contribution is -2.13. The Morgan fingerprint density at radius 3 is 2.35 bits per heavy atom. The van der Waals surface area contributed by atoms with E-state index in [0.717, 1.165) is 16.9 Å². The maximum absolute atomic E-state index is 5.95. The van der Waals surface area contributed by atoms with Gasteiger partial charge in [0.2, 0.25) is 5.88 Å². The molecule has 0 saturated heterocycles. The highest BCUT2D eigenvalue weighted by molar-refractivity contribution is 5.44. The first kappa shape index (κ1) is 14.3. The Morgan fingerprint density at radius 1 is 1.05 bits per heavy atom. The van der Waals surface area contributed by atoms with Crippen molar-refractivity contribution in [2.24, 2.45) is 0 Å². The van der Waals surface area contributed by atoms with Crippen molar-refractivity contribution in [2.45, 2.75) is 40.0 Å². The van der Waals surface area contributed by atoms with Gasteiger partial charge in [-0.1, -0.05) is 32.9 Å². The Morgan fingerprint density at radius 2 is 1.75 bits per heavy atom. The molecule has 0 bridgehead atoms. The van der Waals surface area contributed by atoms with Crippen molar-refractivity contribution in [2.75, 3.05) is 5.73 Å². The van der Waals surface area contributed by atoms with E-state index in [1.165, 1.54) is 0 Å². The topological polar surface area (TPSA) is 61.0 Å². The molecule has 0 radical (unpaired) electrons. The van der Waals surface area contributed by atoms with Crippen molar-refractivity contribution in [1.29, 1.82) is 0 Å². The predicted molar refractivity (Wildman–Crippen MR) is 81.1 cm³/mol. The summed E-state index contributed by atoms with van der Waals surface area (Å²) < 4.78 is 5.95. The smallest absolute Gasteiger partial charge is 0.224 e. The molecule has 1 heterocycles. The summed E-state index contributed by atoms with van der Waals surface area (Å²) in [6.07, 6.45) is 0. The lowest BCUT2D eigenvalue weighted by Gasteiger charge is -2.22. The molecule has 0 unspecified atom stereocenters. The molecule has 0 amide bonds. The van der Waals surface area contributed by atoms with Gasteiger partial charge in [0.25, 0.3) is 0 Å². The standard InChI is InChI=1S/C16H21N3O/c1-10-6-7-12(16(3,4)5)13(8-10)20-15-9-14(17)18-11(2)19-15/h6-9H,1-5H3,(H2,17,18,19). The number of aryl methyl sites for hydroxylation is 2. The van der Waals surface area contributed by atoms with Gasteiger partial charge in [-0.2, -0.15) is 4.98 Å². The molecule has 0 fully saturated rings. The van der Waals surface area contributed by atoms with Crippen LogP contribution in [0.25, 0.3) is 0 Å². The van der Waals surface area contributed by atoms with Crippen LogP contribution >= 0.6 is 0 Å². The van der Waals surface area contributed by atoms with Gasteiger partial charge >= 0.3 is 0 Å². The normalized spacial score (nSPS) is 11.4. The zero-order valence-electron chi connectivity index (χ0n) is 12.7. The molecule has 20 heavy (non-hydrogen) atoms. The van der Waals surface area contributed by atoms with E-state index in [-0.39, 0.29) is 5.41 Å². The number of anilines is 1. The summed E-state index contributed by atoms with van der Waals surface area (Å²) >= 11 is 0. The summed E-state index contributed by atoms with van der Waals surface area (Å²) in [5, 5.41) is 0. The lowest BCUT2D eigenvalue weighted by atomic mass is 9.86. The minimum absolute atomic E-state index is 0.00332. The lowest BCUT2D eigenvalue weighted by molar-refractivity contribution is 0.437. The summed E-state index contributed by atoms with van der Waals surface area (Å²) in [6.45, 7) is 10.3. The van der Waals surface area contributed by atoms with E-state index in [1.54, 1.807) is 13.0 Å². The van der Waals surface area contributed by atoms with Crippen LogP contribution in [-0.4, -0.2) is 9.97 Å².